The van der Waals surface area contributed by atoms with Crippen molar-refractivity contribution in [3.8, 4) is 0 Å². The molecular formula is C16H24BrFN2. The Morgan fingerprint density at radius 3 is 2.85 bits per heavy atom. The number of nitrogens with one attached hydrogen (secondary N) is 1. The Labute approximate surface area is 129 Å². The summed E-state index contributed by atoms with van der Waals surface area (Å²) in [5.74, 6) is 0.442. The Morgan fingerprint density at radius 1 is 1.45 bits per heavy atom. The summed E-state index contributed by atoms with van der Waals surface area (Å²) < 4.78 is 14.2. The van der Waals surface area contributed by atoms with E-state index in [1.54, 1.807) is 6.07 Å². The van der Waals surface area contributed by atoms with E-state index in [0.29, 0.717) is 22.5 Å². The summed E-state index contributed by atoms with van der Waals surface area (Å²) >= 11 is 3.38. The number of halogens is 2. The van der Waals surface area contributed by atoms with E-state index < -0.39 is 0 Å². The molecule has 112 valence electrons. The van der Waals surface area contributed by atoms with E-state index in [0.717, 1.165) is 31.6 Å². The summed E-state index contributed by atoms with van der Waals surface area (Å²) in [6, 6.07) is 6.34. The smallest absolute Gasteiger partial charge is 0.137 e. The van der Waals surface area contributed by atoms with Crippen molar-refractivity contribution in [2.45, 2.75) is 45.8 Å². The second kappa shape index (κ2) is 7.01. The molecule has 0 saturated carbocycles. The van der Waals surface area contributed by atoms with Gasteiger partial charge in [0.25, 0.3) is 0 Å². The van der Waals surface area contributed by atoms with Gasteiger partial charge in [-0.15, -0.1) is 0 Å². The fraction of sp³-hybridized carbons (Fsp3) is 0.625. The van der Waals surface area contributed by atoms with Crippen LogP contribution in [0.25, 0.3) is 0 Å². The summed E-state index contributed by atoms with van der Waals surface area (Å²) in [6.45, 7) is 9.57. The first kappa shape index (κ1) is 15.9. The summed E-state index contributed by atoms with van der Waals surface area (Å²) in [5, 5.41) is 3.63. The summed E-state index contributed by atoms with van der Waals surface area (Å²) in [7, 11) is 0. The van der Waals surface area contributed by atoms with Gasteiger partial charge in [0.05, 0.1) is 4.47 Å². The van der Waals surface area contributed by atoms with Gasteiger partial charge in [-0.25, -0.2) is 4.39 Å². The lowest BCUT2D eigenvalue weighted by molar-refractivity contribution is 0.103. The summed E-state index contributed by atoms with van der Waals surface area (Å²) in [5.41, 5.74) is 1.04. The van der Waals surface area contributed by atoms with Crippen LogP contribution in [0.15, 0.2) is 22.7 Å². The Kier molecular flexibility index (Phi) is 5.58. The van der Waals surface area contributed by atoms with Crippen LogP contribution >= 0.6 is 15.9 Å². The van der Waals surface area contributed by atoms with Crippen LogP contribution in [0.4, 0.5) is 4.39 Å². The zero-order chi connectivity index (χ0) is 14.7. The molecule has 0 aliphatic carbocycles. The topological polar surface area (TPSA) is 15.3 Å². The van der Waals surface area contributed by atoms with Crippen molar-refractivity contribution >= 4 is 15.9 Å². The maximum atomic E-state index is 13.6. The van der Waals surface area contributed by atoms with Crippen molar-refractivity contribution in [2.75, 3.05) is 13.1 Å². The molecule has 20 heavy (non-hydrogen) atoms. The second-order valence-corrected chi connectivity index (χ2v) is 6.76. The zero-order valence-electron chi connectivity index (χ0n) is 12.5. The van der Waals surface area contributed by atoms with Crippen LogP contribution in [0.1, 0.15) is 32.8 Å². The lowest BCUT2D eigenvalue weighted by atomic mass is 9.98. The quantitative estimate of drug-likeness (QED) is 0.895. The highest BCUT2D eigenvalue weighted by molar-refractivity contribution is 9.10. The molecule has 1 aromatic rings. The molecule has 1 saturated heterocycles. The van der Waals surface area contributed by atoms with E-state index >= 15 is 0 Å². The third-order valence-electron chi connectivity index (χ3n) is 4.24. The predicted molar refractivity (Wildman–Crippen MR) is 85.2 cm³/mol. The molecule has 0 spiro atoms. The fourth-order valence-corrected chi connectivity index (χ4v) is 3.20. The maximum Gasteiger partial charge on any atom is 0.137 e. The standard InChI is InChI=1S/C16H24BrFN2/c1-4-13-8-19-15(11(2)3)10-20(13)9-12-6-5-7-14(18)16(12)17/h5-7,11,13,15,19H,4,8-10H2,1-3H3. The fourth-order valence-electron chi connectivity index (χ4n) is 2.81. The van der Waals surface area contributed by atoms with E-state index in [4.69, 9.17) is 0 Å². The SMILES string of the molecule is CCC1CNC(C(C)C)CN1Cc1cccc(F)c1Br. The molecule has 1 aliphatic heterocycles. The van der Waals surface area contributed by atoms with Crippen molar-refractivity contribution in [3.05, 3.63) is 34.1 Å². The van der Waals surface area contributed by atoms with Crippen LogP contribution in [0.2, 0.25) is 0 Å². The molecule has 2 nitrogen and oxygen atoms in total. The van der Waals surface area contributed by atoms with Gasteiger partial charge in [-0.05, 0) is 39.9 Å². The average molecular weight is 343 g/mol. The first-order chi connectivity index (χ1) is 9.52. The monoisotopic (exact) mass is 342 g/mol. The average Bonchev–Trinajstić information content (AvgIpc) is 2.43. The van der Waals surface area contributed by atoms with E-state index in [-0.39, 0.29) is 5.82 Å². The van der Waals surface area contributed by atoms with Crippen molar-refractivity contribution < 1.29 is 4.39 Å². The minimum Gasteiger partial charge on any atom is -0.311 e. The van der Waals surface area contributed by atoms with Gasteiger partial charge < -0.3 is 5.32 Å². The molecule has 1 aromatic carbocycles. The van der Waals surface area contributed by atoms with Crippen LogP contribution in [0.5, 0.6) is 0 Å². The number of piperazine rings is 1. The Balaban J connectivity index is 2.13. The lowest BCUT2D eigenvalue weighted by Crippen LogP contribution is -2.57. The molecule has 0 radical (unpaired) electrons. The molecule has 0 amide bonds. The van der Waals surface area contributed by atoms with Crippen LogP contribution in [-0.4, -0.2) is 30.1 Å². The molecule has 2 unspecified atom stereocenters. The van der Waals surface area contributed by atoms with E-state index in [1.807, 2.05) is 6.07 Å². The predicted octanol–water partition coefficient (Wildman–Crippen LogP) is 3.80. The molecule has 2 rings (SSSR count). The largest absolute Gasteiger partial charge is 0.311 e. The van der Waals surface area contributed by atoms with Gasteiger partial charge in [0.15, 0.2) is 0 Å². The molecule has 1 aliphatic rings. The molecule has 2 atom stereocenters. The maximum absolute atomic E-state index is 13.6. The molecule has 1 heterocycles. The highest BCUT2D eigenvalue weighted by Crippen LogP contribution is 2.24. The van der Waals surface area contributed by atoms with Crippen LogP contribution < -0.4 is 5.32 Å². The first-order valence-corrected chi connectivity index (χ1v) is 8.22. The summed E-state index contributed by atoms with van der Waals surface area (Å²) in [6.07, 6.45) is 1.12. The molecule has 0 bridgehead atoms. The van der Waals surface area contributed by atoms with E-state index in [9.17, 15) is 4.39 Å². The second-order valence-electron chi connectivity index (χ2n) is 5.96. The zero-order valence-corrected chi connectivity index (χ0v) is 14.1. The first-order valence-electron chi connectivity index (χ1n) is 7.43. The molecular weight excluding hydrogens is 319 g/mol. The van der Waals surface area contributed by atoms with Gasteiger partial charge in [-0.2, -0.15) is 0 Å². The van der Waals surface area contributed by atoms with Crippen LogP contribution in [0, 0.1) is 11.7 Å². The number of hydrogen-bond donors (Lipinski definition) is 1. The van der Waals surface area contributed by atoms with Gasteiger partial charge in [-0.3, -0.25) is 4.90 Å². The van der Waals surface area contributed by atoms with Gasteiger partial charge in [0, 0.05) is 31.7 Å². The third-order valence-corrected chi connectivity index (χ3v) is 5.13. The van der Waals surface area contributed by atoms with Crippen molar-refractivity contribution in [2.24, 2.45) is 5.92 Å². The Morgan fingerprint density at radius 2 is 2.20 bits per heavy atom. The van der Waals surface area contributed by atoms with Crippen LogP contribution in [0.3, 0.4) is 0 Å². The number of rotatable bonds is 4. The Bertz CT molecular complexity index is 450. The highest BCUT2D eigenvalue weighted by Gasteiger charge is 2.28. The van der Waals surface area contributed by atoms with Gasteiger partial charge in [0.2, 0.25) is 0 Å². The van der Waals surface area contributed by atoms with Crippen molar-refractivity contribution in [1.29, 1.82) is 0 Å². The molecule has 1 fully saturated rings. The summed E-state index contributed by atoms with van der Waals surface area (Å²) in [4.78, 5) is 2.49. The van der Waals surface area contributed by atoms with Crippen LogP contribution in [-0.2, 0) is 6.54 Å². The van der Waals surface area contributed by atoms with Crippen molar-refractivity contribution in [1.82, 2.24) is 10.2 Å². The minimum absolute atomic E-state index is 0.175. The Hall–Kier alpha value is -0.450. The van der Waals surface area contributed by atoms with Gasteiger partial charge >= 0.3 is 0 Å². The van der Waals surface area contributed by atoms with E-state index in [2.05, 4.69) is 46.9 Å². The van der Waals surface area contributed by atoms with E-state index in [1.165, 1.54) is 6.07 Å². The van der Waals surface area contributed by atoms with Gasteiger partial charge in [0.1, 0.15) is 5.82 Å². The normalized spacial score (nSPS) is 24.3. The minimum atomic E-state index is -0.175. The van der Waals surface area contributed by atoms with Gasteiger partial charge in [-0.1, -0.05) is 32.9 Å². The number of nitrogens with zero attached hydrogens (tertiary/aromatic N) is 1. The molecule has 0 aromatic heterocycles. The number of benzene rings is 1. The lowest BCUT2D eigenvalue weighted by Gasteiger charge is -2.41. The van der Waals surface area contributed by atoms with Crippen molar-refractivity contribution in [3.63, 3.8) is 0 Å². The molecule has 4 heteroatoms. The third kappa shape index (κ3) is 3.60. The molecule has 1 N–H and O–H groups in total. The highest BCUT2D eigenvalue weighted by atomic mass is 79.9. The number of hydrogen-bond acceptors (Lipinski definition) is 2.